The van der Waals surface area contributed by atoms with E-state index in [2.05, 4.69) is 10.3 Å². The fourth-order valence-electron chi connectivity index (χ4n) is 3.44. The third-order valence-corrected chi connectivity index (χ3v) is 4.90. The van der Waals surface area contributed by atoms with Crippen LogP contribution in [0.2, 0.25) is 0 Å². The highest BCUT2D eigenvalue weighted by atomic mass is 16.4. The van der Waals surface area contributed by atoms with Crippen LogP contribution in [0.15, 0.2) is 40.9 Å². The molecule has 0 radical (unpaired) electrons. The molecule has 2 N–H and O–H groups in total. The second-order valence-corrected chi connectivity index (χ2v) is 6.83. The molecule has 1 aliphatic rings. The molecule has 2 aromatic rings. The summed E-state index contributed by atoms with van der Waals surface area (Å²) in [5.74, 6) is 0.147. The number of amides is 1. The number of carboxylic acid groups (broad SMARTS) is 1. The highest BCUT2D eigenvalue weighted by Gasteiger charge is 2.40. The minimum atomic E-state index is -1.08. The van der Waals surface area contributed by atoms with Crippen molar-refractivity contribution >= 4 is 11.9 Å². The zero-order chi connectivity index (χ0) is 18.4. The third kappa shape index (κ3) is 4.31. The van der Waals surface area contributed by atoms with E-state index in [9.17, 15) is 14.7 Å². The minimum absolute atomic E-state index is 0.218. The van der Waals surface area contributed by atoms with Gasteiger partial charge < -0.3 is 14.8 Å². The van der Waals surface area contributed by atoms with Crippen LogP contribution in [-0.2, 0) is 16.0 Å². The third-order valence-electron chi connectivity index (χ3n) is 4.90. The Kier molecular flexibility index (Phi) is 5.71. The Hall–Kier alpha value is -2.63. The molecule has 0 bridgehead atoms. The molecule has 6 heteroatoms. The van der Waals surface area contributed by atoms with Gasteiger partial charge in [0.05, 0.1) is 6.20 Å². The summed E-state index contributed by atoms with van der Waals surface area (Å²) in [5.41, 5.74) is -0.122. The van der Waals surface area contributed by atoms with Crippen molar-refractivity contribution in [2.45, 2.75) is 56.9 Å². The number of oxazole rings is 1. The van der Waals surface area contributed by atoms with E-state index in [1.165, 1.54) is 0 Å². The number of nitrogens with zero attached hydrogens (tertiary/aromatic N) is 1. The molecule has 0 atom stereocenters. The molecule has 0 spiro atoms. The molecule has 0 saturated heterocycles. The quantitative estimate of drug-likeness (QED) is 0.791. The molecule has 1 heterocycles. The van der Waals surface area contributed by atoms with Crippen LogP contribution in [0.1, 0.15) is 50.8 Å². The van der Waals surface area contributed by atoms with Gasteiger partial charge in [0.25, 0.3) is 0 Å². The lowest BCUT2D eigenvalue weighted by atomic mass is 9.81. The van der Waals surface area contributed by atoms with Gasteiger partial charge >= 0.3 is 5.97 Å². The number of aliphatic carboxylic acids is 1. The summed E-state index contributed by atoms with van der Waals surface area (Å²) >= 11 is 0. The predicted molar refractivity (Wildman–Crippen MR) is 96.5 cm³/mol. The number of aryl methyl sites for hydroxylation is 1. The van der Waals surface area contributed by atoms with Crippen LogP contribution in [0.25, 0.3) is 11.3 Å². The number of rotatable bonds is 7. The summed E-state index contributed by atoms with van der Waals surface area (Å²) in [7, 11) is 0. The molecule has 3 rings (SSSR count). The van der Waals surface area contributed by atoms with E-state index in [4.69, 9.17) is 4.42 Å². The van der Waals surface area contributed by atoms with Gasteiger partial charge in [-0.1, -0.05) is 49.6 Å². The van der Waals surface area contributed by atoms with Crippen LogP contribution >= 0.6 is 0 Å². The number of hydrogen-bond donors (Lipinski definition) is 2. The molecule has 26 heavy (non-hydrogen) atoms. The molecule has 1 fully saturated rings. The van der Waals surface area contributed by atoms with Gasteiger partial charge in [0.15, 0.2) is 11.7 Å². The van der Waals surface area contributed by atoms with Gasteiger partial charge in [-0.15, -0.1) is 0 Å². The van der Waals surface area contributed by atoms with Gasteiger partial charge in [-0.3, -0.25) is 4.79 Å². The maximum Gasteiger partial charge on any atom is 0.329 e. The second-order valence-electron chi connectivity index (χ2n) is 6.83. The average Bonchev–Trinajstić information content (AvgIpc) is 3.12. The van der Waals surface area contributed by atoms with Crippen LogP contribution < -0.4 is 5.32 Å². The Labute approximate surface area is 152 Å². The fraction of sp³-hybridized carbons (Fsp3) is 0.450. The number of carbonyl (C=O) groups is 2. The Morgan fingerprint density at radius 2 is 1.88 bits per heavy atom. The lowest BCUT2D eigenvalue weighted by Crippen LogP contribution is -2.55. The van der Waals surface area contributed by atoms with E-state index in [-0.39, 0.29) is 12.3 Å². The largest absolute Gasteiger partial charge is 0.480 e. The van der Waals surface area contributed by atoms with Crippen molar-refractivity contribution in [3.05, 3.63) is 42.4 Å². The first-order chi connectivity index (χ1) is 12.6. The van der Waals surface area contributed by atoms with Crippen LogP contribution in [0.5, 0.6) is 0 Å². The van der Waals surface area contributed by atoms with Crippen LogP contribution in [0.4, 0.5) is 0 Å². The zero-order valence-corrected chi connectivity index (χ0v) is 14.7. The number of nitrogens with one attached hydrogen (secondary N) is 1. The van der Waals surface area contributed by atoms with Gasteiger partial charge in [0.2, 0.25) is 5.91 Å². The lowest BCUT2D eigenvalue weighted by Gasteiger charge is -2.34. The number of hydrogen-bond acceptors (Lipinski definition) is 4. The smallest absolute Gasteiger partial charge is 0.329 e. The first-order valence-electron chi connectivity index (χ1n) is 9.14. The first-order valence-corrected chi connectivity index (χ1v) is 9.14. The zero-order valence-electron chi connectivity index (χ0n) is 14.7. The standard InChI is InChI=1S/C20H24N2O4/c23-17(22-20(19(24)25)12-5-2-6-13-20)10-7-11-18-21-14-16(26-18)15-8-3-1-4-9-15/h1,3-4,8-9,14H,2,5-7,10-13H2,(H,22,23)(H,24,25). The van der Waals surface area contributed by atoms with Gasteiger partial charge in [-0.25, -0.2) is 9.78 Å². The molecular formula is C20H24N2O4. The number of carboxylic acids is 1. The molecule has 0 unspecified atom stereocenters. The van der Waals surface area contributed by atoms with Gasteiger partial charge in [-0.2, -0.15) is 0 Å². The summed E-state index contributed by atoms with van der Waals surface area (Å²) < 4.78 is 5.72. The first kappa shape index (κ1) is 18.2. The van der Waals surface area contributed by atoms with Gasteiger partial charge in [0, 0.05) is 18.4 Å². The van der Waals surface area contributed by atoms with Crippen LogP contribution in [-0.4, -0.2) is 27.5 Å². The highest BCUT2D eigenvalue weighted by molar-refractivity contribution is 5.87. The molecule has 0 aliphatic heterocycles. The summed E-state index contributed by atoms with van der Waals surface area (Å²) in [6, 6.07) is 9.72. The van der Waals surface area contributed by atoms with Gasteiger partial charge in [-0.05, 0) is 19.3 Å². The molecule has 1 saturated carbocycles. The van der Waals surface area contributed by atoms with E-state index in [1.807, 2.05) is 30.3 Å². The van der Waals surface area contributed by atoms with Crippen molar-refractivity contribution in [2.24, 2.45) is 0 Å². The van der Waals surface area contributed by atoms with Crippen LogP contribution in [0.3, 0.4) is 0 Å². The molecule has 1 amide bonds. The monoisotopic (exact) mass is 356 g/mol. The van der Waals surface area contributed by atoms with E-state index in [0.29, 0.717) is 37.3 Å². The van der Waals surface area contributed by atoms with Crippen molar-refractivity contribution in [3.63, 3.8) is 0 Å². The predicted octanol–water partition coefficient (Wildman–Crippen LogP) is 3.57. The molecular weight excluding hydrogens is 332 g/mol. The van der Waals surface area contributed by atoms with Crippen molar-refractivity contribution in [1.82, 2.24) is 10.3 Å². The van der Waals surface area contributed by atoms with E-state index in [0.717, 1.165) is 24.8 Å². The van der Waals surface area contributed by atoms with E-state index >= 15 is 0 Å². The molecule has 6 nitrogen and oxygen atoms in total. The van der Waals surface area contributed by atoms with Crippen molar-refractivity contribution in [2.75, 3.05) is 0 Å². The Bertz CT molecular complexity index is 748. The minimum Gasteiger partial charge on any atom is -0.480 e. The topological polar surface area (TPSA) is 92.4 Å². The Balaban J connectivity index is 1.49. The maximum absolute atomic E-state index is 12.2. The molecule has 138 valence electrons. The highest BCUT2D eigenvalue weighted by Crippen LogP contribution is 2.28. The molecule has 1 aliphatic carbocycles. The normalized spacial score (nSPS) is 16.2. The van der Waals surface area contributed by atoms with Crippen LogP contribution in [0, 0.1) is 0 Å². The van der Waals surface area contributed by atoms with Crippen molar-refractivity contribution in [3.8, 4) is 11.3 Å². The number of carbonyl (C=O) groups excluding carboxylic acids is 1. The summed E-state index contributed by atoms with van der Waals surface area (Å²) in [6.07, 6.45) is 6.78. The van der Waals surface area contributed by atoms with Gasteiger partial charge in [0.1, 0.15) is 5.54 Å². The summed E-state index contributed by atoms with van der Waals surface area (Å²) in [6.45, 7) is 0. The van der Waals surface area contributed by atoms with Crippen molar-refractivity contribution in [1.29, 1.82) is 0 Å². The van der Waals surface area contributed by atoms with E-state index < -0.39 is 11.5 Å². The van der Waals surface area contributed by atoms with E-state index in [1.54, 1.807) is 6.20 Å². The number of aromatic nitrogens is 1. The maximum atomic E-state index is 12.2. The molecule has 1 aromatic heterocycles. The lowest BCUT2D eigenvalue weighted by molar-refractivity contribution is -0.149. The summed E-state index contributed by atoms with van der Waals surface area (Å²) in [5, 5.41) is 12.3. The SMILES string of the molecule is O=C(CCCc1ncc(-c2ccccc2)o1)NC1(C(=O)O)CCCCC1. The Morgan fingerprint density at radius 1 is 1.15 bits per heavy atom. The number of benzene rings is 1. The Morgan fingerprint density at radius 3 is 2.58 bits per heavy atom. The molecule has 1 aromatic carbocycles. The fourth-order valence-corrected chi connectivity index (χ4v) is 3.44. The summed E-state index contributed by atoms with van der Waals surface area (Å²) in [4.78, 5) is 28.1. The average molecular weight is 356 g/mol. The second kappa shape index (κ2) is 8.17. The van der Waals surface area contributed by atoms with Crippen molar-refractivity contribution < 1.29 is 19.1 Å².